The van der Waals surface area contributed by atoms with Crippen LogP contribution in [0.2, 0.25) is 0 Å². The average molecular weight is 265 g/mol. The first-order chi connectivity index (χ1) is 9.40. The lowest BCUT2D eigenvalue weighted by atomic mass is 9.95. The average Bonchev–Trinajstić information content (AvgIpc) is 3.10. The van der Waals surface area contributed by atoms with Gasteiger partial charge in [-0.15, -0.1) is 0 Å². The minimum absolute atomic E-state index is 0.577. The molecule has 19 heavy (non-hydrogen) atoms. The van der Waals surface area contributed by atoms with Gasteiger partial charge in [-0.05, 0) is 50.6 Å². The van der Waals surface area contributed by atoms with Crippen molar-refractivity contribution in [2.24, 2.45) is 11.8 Å². The number of aryl methyl sites for hydroxylation is 1. The Morgan fingerprint density at radius 3 is 3.05 bits per heavy atom. The van der Waals surface area contributed by atoms with E-state index in [1.165, 1.54) is 19.4 Å². The topological polar surface area (TPSA) is 60.2 Å². The van der Waals surface area contributed by atoms with E-state index in [9.17, 15) is 0 Å². The molecule has 0 radical (unpaired) electrons. The number of ether oxygens (including phenoxy) is 1. The molecule has 2 aliphatic rings. The Morgan fingerprint density at radius 2 is 2.26 bits per heavy atom. The molecule has 3 rings (SSSR count). The molecular formula is C14H23N3O2. The molecule has 0 bridgehead atoms. The summed E-state index contributed by atoms with van der Waals surface area (Å²) in [5.41, 5.74) is 0. The third-order valence-electron chi connectivity index (χ3n) is 4.17. The van der Waals surface area contributed by atoms with E-state index in [0.717, 1.165) is 63.1 Å². The Morgan fingerprint density at radius 1 is 1.26 bits per heavy atom. The fourth-order valence-corrected chi connectivity index (χ4v) is 2.98. The van der Waals surface area contributed by atoms with Crippen molar-refractivity contribution in [3.63, 3.8) is 0 Å². The van der Waals surface area contributed by atoms with E-state index < -0.39 is 0 Å². The minimum atomic E-state index is 0.577. The van der Waals surface area contributed by atoms with Crippen LogP contribution in [-0.2, 0) is 17.6 Å². The third kappa shape index (κ3) is 3.76. The molecule has 2 fully saturated rings. The number of nitrogens with zero attached hydrogens (tertiary/aromatic N) is 2. The summed E-state index contributed by atoms with van der Waals surface area (Å²) in [6.45, 7) is 4.03. The summed E-state index contributed by atoms with van der Waals surface area (Å²) in [6.07, 6.45) is 6.71. The van der Waals surface area contributed by atoms with Gasteiger partial charge in [0.1, 0.15) is 0 Å². The molecule has 1 aromatic rings. The van der Waals surface area contributed by atoms with Crippen molar-refractivity contribution in [2.75, 3.05) is 26.3 Å². The normalized spacial score (nSPS) is 27.8. The highest BCUT2D eigenvalue weighted by atomic mass is 16.5. The molecule has 2 atom stereocenters. The molecule has 2 aliphatic heterocycles. The van der Waals surface area contributed by atoms with Crippen LogP contribution in [0.4, 0.5) is 0 Å². The molecule has 106 valence electrons. The van der Waals surface area contributed by atoms with Crippen molar-refractivity contribution in [2.45, 2.75) is 38.5 Å². The van der Waals surface area contributed by atoms with Crippen molar-refractivity contribution < 1.29 is 9.26 Å². The van der Waals surface area contributed by atoms with E-state index in [2.05, 4.69) is 15.5 Å². The molecular weight excluding hydrogens is 242 g/mol. The molecule has 5 heteroatoms. The quantitative estimate of drug-likeness (QED) is 0.876. The molecule has 0 saturated carbocycles. The molecule has 5 nitrogen and oxygen atoms in total. The predicted molar refractivity (Wildman–Crippen MR) is 70.8 cm³/mol. The zero-order valence-electron chi connectivity index (χ0n) is 11.4. The zero-order valence-corrected chi connectivity index (χ0v) is 11.4. The van der Waals surface area contributed by atoms with Gasteiger partial charge in [-0.3, -0.25) is 0 Å². The van der Waals surface area contributed by atoms with Crippen LogP contribution >= 0.6 is 0 Å². The number of hydrogen-bond donors (Lipinski definition) is 1. The highest BCUT2D eigenvalue weighted by Gasteiger charge is 2.19. The van der Waals surface area contributed by atoms with E-state index in [0.29, 0.717) is 5.92 Å². The van der Waals surface area contributed by atoms with Gasteiger partial charge in [-0.2, -0.15) is 4.98 Å². The van der Waals surface area contributed by atoms with E-state index in [4.69, 9.17) is 9.26 Å². The van der Waals surface area contributed by atoms with Gasteiger partial charge in [0.05, 0.1) is 0 Å². The van der Waals surface area contributed by atoms with Gasteiger partial charge >= 0.3 is 0 Å². The van der Waals surface area contributed by atoms with Crippen LogP contribution in [0.5, 0.6) is 0 Å². The first-order valence-electron chi connectivity index (χ1n) is 7.50. The van der Waals surface area contributed by atoms with Crippen molar-refractivity contribution in [3.8, 4) is 0 Å². The zero-order chi connectivity index (χ0) is 12.9. The summed E-state index contributed by atoms with van der Waals surface area (Å²) >= 11 is 0. The maximum absolute atomic E-state index is 5.37. The Hall–Kier alpha value is -0.940. The molecule has 1 N–H and O–H groups in total. The molecule has 2 unspecified atom stereocenters. The molecule has 1 aromatic heterocycles. The van der Waals surface area contributed by atoms with Crippen LogP contribution < -0.4 is 5.32 Å². The van der Waals surface area contributed by atoms with Gasteiger partial charge in [0.2, 0.25) is 5.89 Å². The summed E-state index contributed by atoms with van der Waals surface area (Å²) in [6, 6.07) is 0. The first kappa shape index (κ1) is 13.1. The number of rotatable bonds is 5. The predicted octanol–water partition coefficient (Wildman–Crippen LogP) is 1.58. The minimum Gasteiger partial charge on any atom is -0.381 e. The van der Waals surface area contributed by atoms with Crippen LogP contribution in [-0.4, -0.2) is 36.4 Å². The maximum Gasteiger partial charge on any atom is 0.226 e. The summed E-state index contributed by atoms with van der Waals surface area (Å²) in [4.78, 5) is 4.50. The van der Waals surface area contributed by atoms with Gasteiger partial charge in [0.15, 0.2) is 5.82 Å². The largest absolute Gasteiger partial charge is 0.381 e. The number of piperidine rings is 1. The van der Waals surface area contributed by atoms with Crippen LogP contribution in [0.3, 0.4) is 0 Å². The number of hydrogen-bond acceptors (Lipinski definition) is 5. The van der Waals surface area contributed by atoms with Gasteiger partial charge in [-0.25, -0.2) is 0 Å². The van der Waals surface area contributed by atoms with Gasteiger partial charge in [0.25, 0.3) is 0 Å². The van der Waals surface area contributed by atoms with Crippen molar-refractivity contribution in [3.05, 3.63) is 11.7 Å². The van der Waals surface area contributed by atoms with Crippen molar-refractivity contribution in [1.82, 2.24) is 15.5 Å². The Balaban J connectivity index is 1.44. The summed E-state index contributed by atoms with van der Waals surface area (Å²) < 4.78 is 10.7. The highest BCUT2D eigenvalue weighted by molar-refractivity contribution is 4.90. The SMILES string of the molecule is C1CNCC(CCc2nc(CC3CCOC3)no2)C1. The lowest BCUT2D eigenvalue weighted by Crippen LogP contribution is -2.29. The van der Waals surface area contributed by atoms with Crippen LogP contribution in [0.1, 0.15) is 37.4 Å². The van der Waals surface area contributed by atoms with E-state index in [-0.39, 0.29) is 0 Å². The monoisotopic (exact) mass is 265 g/mol. The summed E-state index contributed by atoms with van der Waals surface area (Å²) in [7, 11) is 0. The number of nitrogens with one attached hydrogen (secondary N) is 1. The molecule has 3 heterocycles. The Kier molecular flexibility index (Phi) is 4.45. The Labute approximate surface area is 114 Å². The summed E-state index contributed by atoms with van der Waals surface area (Å²) in [5.74, 6) is 3.01. The second-order valence-corrected chi connectivity index (χ2v) is 5.79. The van der Waals surface area contributed by atoms with Crippen LogP contribution in [0, 0.1) is 11.8 Å². The lowest BCUT2D eigenvalue weighted by molar-refractivity contribution is 0.185. The Bertz CT molecular complexity index is 382. The van der Waals surface area contributed by atoms with Crippen LogP contribution in [0.25, 0.3) is 0 Å². The molecule has 0 spiro atoms. The first-order valence-corrected chi connectivity index (χ1v) is 7.50. The van der Waals surface area contributed by atoms with Crippen molar-refractivity contribution >= 4 is 0 Å². The maximum atomic E-state index is 5.37. The second-order valence-electron chi connectivity index (χ2n) is 5.79. The van der Waals surface area contributed by atoms with E-state index in [1.54, 1.807) is 0 Å². The third-order valence-corrected chi connectivity index (χ3v) is 4.17. The smallest absolute Gasteiger partial charge is 0.226 e. The van der Waals surface area contributed by atoms with Gasteiger partial charge < -0.3 is 14.6 Å². The second kappa shape index (κ2) is 6.48. The number of aromatic nitrogens is 2. The molecule has 0 aliphatic carbocycles. The van der Waals surface area contributed by atoms with Crippen LogP contribution in [0.15, 0.2) is 4.52 Å². The van der Waals surface area contributed by atoms with Gasteiger partial charge in [0, 0.05) is 26.1 Å². The fourth-order valence-electron chi connectivity index (χ4n) is 2.98. The molecule has 0 aromatic carbocycles. The molecule has 2 saturated heterocycles. The highest BCUT2D eigenvalue weighted by Crippen LogP contribution is 2.19. The van der Waals surface area contributed by atoms with E-state index >= 15 is 0 Å². The molecule has 0 amide bonds. The summed E-state index contributed by atoms with van der Waals surface area (Å²) in [5, 5.41) is 7.53. The van der Waals surface area contributed by atoms with E-state index in [1.807, 2.05) is 0 Å². The fraction of sp³-hybridized carbons (Fsp3) is 0.857. The standard InChI is InChI=1S/C14H23N3O2/c1-2-11(9-15-6-1)3-4-14-16-13(17-19-14)8-12-5-7-18-10-12/h11-12,15H,1-10H2. The lowest BCUT2D eigenvalue weighted by Gasteiger charge is -2.21. The van der Waals surface area contributed by atoms with Gasteiger partial charge in [-0.1, -0.05) is 5.16 Å². The van der Waals surface area contributed by atoms with Crippen molar-refractivity contribution in [1.29, 1.82) is 0 Å².